The van der Waals surface area contributed by atoms with Crippen molar-refractivity contribution in [3.8, 4) is 5.75 Å². The fourth-order valence-electron chi connectivity index (χ4n) is 1.86. The van der Waals surface area contributed by atoms with E-state index in [4.69, 9.17) is 14.9 Å². The lowest BCUT2D eigenvalue weighted by molar-refractivity contribution is 0.244. The Kier molecular flexibility index (Phi) is 4.17. The van der Waals surface area contributed by atoms with Crippen molar-refractivity contribution in [3.05, 3.63) is 36.0 Å². The maximum atomic E-state index is 5.90. The van der Waals surface area contributed by atoms with Crippen molar-refractivity contribution in [2.24, 2.45) is 0 Å². The van der Waals surface area contributed by atoms with E-state index in [-0.39, 0.29) is 12.1 Å². The molecular weight excluding hydrogens is 254 g/mol. The van der Waals surface area contributed by atoms with E-state index in [0.717, 1.165) is 11.4 Å². The fourth-order valence-corrected chi connectivity index (χ4v) is 1.86. The van der Waals surface area contributed by atoms with Crippen molar-refractivity contribution in [1.29, 1.82) is 0 Å². The average Bonchev–Trinajstić information content (AvgIpc) is 2.79. The van der Waals surface area contributed by atoms with Gasteiger partial charge in [0, 0.05) is 11.8 Å². The predicted molar refractivity (Wildman–Crippen MR) is 79.9 cm³/mol. The molecule has 0 amide bonds. The van der Waals surface area contributed by atoms with E-state index < -0.39 is 0 Å². The van der Waals surface area contributed by atoms with Crippen LogP contribution in [0, 0.1) is 6.92 Å². The topological polar surface area (TPSA) is 73.3 Å². The molecule has 0 saturated heterocycles. The molecule has 1 heterocycles. The number of aromatic nitrogens is 1. The van der Waals surface area contributed by atoms with E-state index >= 15 is 0 Å². The van der Waals surface area contributed by atoms with Gasteiger partial charge < -0.3 is 20.2 Å². The molecule has 0 aliphatic carbocycles. The number of hydrogen-bond acceptors (Lipinski definition) is 5. The summed E-state index contributed by atoms with van der Waals surface area (Å²) in [5.41, 5.74) is 7.44. The minimum atomic E-state index is -0.0285. The van der Waals surface area contributed by atoms with Gasteiger partial charge in [-0.25, -0.2) is 4.98 Å². The quantitative estimate of drug-likeness (QED) is 0.817. The standard InChI is InChI=1S/C15H21N3O2/c1-9(2)19-14-7-12(5-6-13(14)16)18-11(4)15-17-8-10(3)20-15/h5-9,11,18H,16H2,1-4H3. The number of oxazole rings is 1. The molecule has 3 N–H and O–H groups in total. The van der Waals surface area contributed by atoms with Gasteiger partial charge in [0.15, 0.2) is 0 Å². The van der Waals surface area contributed by atoms with Crippen LogP contribution in [0.4, 0.5) is 11.4 Å². The van der Waals surface area contributed by atoms with Gasteiger partial charge >= 0.3 is 0 Å². The summed E-state index contributed by atoms with van der Waals surface area (Å²) in [4.78, 5) is 4.22. The molecule has 0 spiro atoms. The highest BCUT2D eigenvalue weighted by Gasteiger charge is 2.12. The molecule has 0 bridgehead atoms. The molecule has 20 heavy (non-hydrogen) atoms. The highest BCUT2D eigenvalue weighted by atomic mass is 16.5. The van der Waals surface area contributed by atoms with Gasteiger partial charge in [-0.15, -0.1) is 0 Å². The molecule has 0 saturated carbocycles. The van der Waals surface area contributed by atoms with Gasteiger partial charge in [-0.2, -0.15) is 0 Å². The molecule has 5 nitrogen and oxygen atoms in total. The number of nitrogen functional groups attached to an aromatic ring is 1. The molecule has 2 rings (SSSR count). The molecule has 0 aliphatic heterocycles. The lowest BCUT2D eigenvalue weighted by Gasteiger charge is -2.16. The summed E-state index contributed by atoms with van der Waals surface area (Å²) in [5, 5.41) is 3.32. The molecule has 108 valence electrons. The van der Waals surface area contributed by atoms with Crippen molar-refractivity contribution in [1.82, 2.24) is 4.98 Å². The van der Waals surface area contributed by atoms with Crippen molar-refractivity contribution in [2.75, 3.05) is 11.1 Å². The minimum Gasteiger partial charge on any atom is -0.489 e. The summed E-state index contributed by atoms with van der Waals surface area (Å²) in [6.45, 7) is 7.81. The normalized spacial score (nSPS) is 12.4. The van der Waals surface area contributed by atoms with E-state index in [1.807, 2.05) is 45.9 Å². The Morgan fingerprint density at radius 1 is 1.30 bits per heavy atom. The van der Waals surface area contributed by atoms with E-state index in [9.17, 15) is 0 Å². The number of nitrogens with one attached hydrogen (secondary N) is 1. The summed E-state index contributed by atoms with van der Waals surface area (Å²) in [5.74, 6) is 2.14. The van der Waals surface area contributed by atoms with Crippen LogP contribution in [0.2, 0.25) is 0 Å². The first-order valence-electron chi connectivity index (χ1n) is 6.70. The van der Waals surface area contributed by atoms with Crippen LogP contribution < -0.4 is 15.8 Å². The minimum absolute atomic E-state index is 0.0285. The van der Waals surface area contributed by atoms with Crippen molar-refractivity contribution in [3.63, 3.8) is 0 Å². The Morgan fingerprint density at radius 2 is 2.05 bits per heavy atom. The molecule has 1 aromatic heterocycles. The smallest absolute Gasteiger partial charge is 0.216 e. The summed E-state index contributed by atoms with van der Waals surface area (Å²) >= 11 is 0. The van der Waals surface area contributed by atoms with Crippen molar-refractivity contribution >= 4 is 11.4 Å². The van der Waals surface area contributed by atoms with Crippen molar-refractivity contribution < 1.29 is 9.15 Å². The molecule has 1 aromatic carbocycles. The number of aryl methyl sites for hydroxylation is 1. The number of nitrogens with two attached hydrogens (primary N) is 1. The summed E-state index contributed by atoms with van der Waals surface area (Å²) in [6.07, 6.45) is 1.79. The van der Waals surface area contributed by atoms with Gasteiger partial charge in [-0.1, -0.05) is 0 Å². The second-order valence-electron chi connectivity index (χ2n) is 5.09. The SMILES string of the molecule is Cc1cnc(C(C)Nc2ccc(N)c(OC(C)C)c2)o1. The zero-order chi connectivity index (χ0) is 14.7. The second-order valence-corrected chi connectivity index (χ2v) is 5.09. The van der Waals surface area contributed by atoms with Crippen LogP contribution in [-0.4, -0.2) is 11.1 Å². The summed E-state index contributed by atoms with van der Waals surface area (Å²) < 4.78 is 11.2. The van der Waals surface area contributed by atoms with Crippen molar-refractivity contribution in [2.45, 2.75) is 39.8 Å². The van der Waals surface area contributed by atoms with Gasteiger partial charge in [-0.05, 0) is 39.8 Å². The van der Waals surface area contributed by atoms with Gasteiger partial charge in [0.1, 0.15) is 17.6 Å². The van der Waals surface area contributed by atoms with Gasteiger partial charge in [0.05, 0.1) is 18.0 Å². The maximum Gasteiger partial charge on any atom is 0.216 e. The van der Waals surface area contributed by atoms with Crippen LogP contribution in [0.1, 0.15) is 38.5 Å². The molecule has 1 unspecified atom stereocenters. The van der Waals surface area contributed by atoms with Crippen LogP contribution in [0.3, 0.4) is 0 Å². The maximum absolute atomic E-state index is 5.90. The highest BCUT2D eigenvalue weighted by molar-refractivity contribution is 5.61. The van der Waals surface area contributed by atoms with Crippen LogP contribution >= 0.6 is 0 Å². The molecule has 5 heteroatoms. The fraction of sp³-hybridized carbons (Fsp3) is 0.400. The monoisotopic (exact) mass is 275 g/mol. The number of benzene rings is 1. The first-order valence-corrected chi connectivity index (χ1v) is 6.70. The first-order chi connectivity index (χ1) is 9.45. The highest BCUT2D eigenvalue weighted by Crippen LogP contribution is 2.28. The largest absolute Gasteiger partial charge is 0.489 e. The van der Waals surface area contributed by atoms with Gasteiger partial charge in [0.25, 0.3) is 0 Å². The van der Waals surface area contributed by atoms with Crippen LogP contribution in [-0.2, 0) is 0 Å². The van der Waals surface area contributed by atoms with E-state index in [1.54, 1.807) is 6.20 Å². The molecule has 2 aromatic rings. The Bertz CT molecular complexity index is 578. The molecule has 0 radical (unpaired) electrons. The number of anilines is 2. The second kappa shape index (κ2) is 5.86. The average molecular weight is 275 g/mol. The van der Waals surface area contributed by atoms with E-state index in [1.165, 1.54) is 0 Å². The van der Waals surface area contributed by atoms with Crippen LogP contribution in [0.5, 0.6) is 5.75 Å². The molecule has 0 aliphatic rings. The Hall–Kier alpha value is -2.17. The molecular formula is C15H21N3O2. The number of ether oxygens (including phenoxy) is 1. The Balaban J connectivity index is 2.13. The summed E-state index contributed by atoms with van der Waals surface area (Å²) in [7, 11) is 0. The lowest BCUT2D eigenvalue weighted by atomic mass is 10.2. The number of rotatable bonds is 5. The first kappa shape index (κ1) is 14.2. The molecule has 1 atom stereocenters. The lowest BCUT2D eigenvalue weighted by Crippen LogP contribution is -2.10. The van der Waals surface area contributed by atoms with Gasteiger partial charge in [-0.3, -0.25) is 0 Å². The summed E-state index contributed by atoms with van der Waals surface area (Å²) in [6, 6.07) is 5.60. The predicted octanol–water partition coefficient (Wildman–Crippen LogP) is 3.53. The third kappa shape index (κ3) is 3.44. The van der Waals surface area contributed by atoms with Crippen LogP contribution in [0.25, 0.3) is 0 Å². The third-order valence-electron chi connectivity index (χ3n) is 2.77. The number of nitrogens with zero attached hydrogens (tertiary/aromatic N) is 1. The zero-order valence-corrected chi connectivity index (χ0v) is 12.3. The van der Waals surface area contributed by atoms with E-state index in [0.29, 0.717) is 17.3 Å². The molecule has 0 fully saturated rings. The third-order valence-corrected chi connectivity index (χ3v) is 2.77. The zero-order valence-electron chi connectivity index (χ0n) is 12.3. The van der Waals surface area contributed by atoms with Gasteiger partial charge in [0.2, 0.25) is 5.89 Å². The van der Waals surface area contributed by atoms with E-state index in [2.05, 4.69) is 10.3 Å². The Morgan fingerprint density at radius 3 is 2.65 bits per heavy atom. The van der Waals surface area contributed by atoms with Crippen LogP contribution in [0.15, 0.2) is 28.8 Å². The Labute approximate surface area is 119 Å². The number of hydrogen-bond donors (Lipinski definition) is 2.